The van der Waals surface area contributed by atoms with Gasteiger partial charge in [0, 0.05) is 56.8 Å². The molecule has 0 saturated heterocycles. The molecule has 0 aliphatic heterocycles. The van der Waals surface area contributed by atoms with Gasteiger partial charge in [0.2, 0.25) is 0 Å². The number of rotatable bonds is 4. The SMILES string of the molecule is c1cc(-c2ccc3c4ccccc4c4ccccc4c3c2)cc(-n2c3cc(-c4cccc5c4sc4ccccc45)ccc3c3ccc(-c4cccc5c4sc4ccccc45)cc32)c1. The van der Waals surface area contributed by atoms with Crippen molar-refractivity contribution in [2.45, 2.75) is 0 Å². The Morgan fingerprint density at radius 2 is 0.667 bits per heavy atom. The van der Waals surface area contributed by atoms with Gasteiger partial charge in [-0.1, -0.05) is 170 Å². The summed E-state index contributed by atoms with van der Waals surface area (Å²) in [7, 11) is 0. The molecule has 0 bridgehead atoms. The van der Waals surface area contributed by atoms with Gasteiger partial charge in [-0.3, -0.25) is 0 Å². The van der Waals surface area contributed by atoms with Gasteiger partial charge in [-0.15, -0.1) is 22.7 Å². The molecule has 292 valence electrons. The molecule has 3 heterocycles. The molecule has 63 heavy (non-hydrogen) atoms. The summed E-state index contributed by atoms with van der Waals surface area (Å²) in [5.74, 6) is 0. The highest BCUT2D eigenvalue weighted by Crippen LogP contribution is 2.45. The smallest absolute Gasteiger partial charge is 0.0547 e. The highest BCUT2D eigenvalue weighted by atomic mass is 32.1. The molecule has 14 rings (SSSR count). The van der Waals surface area contributed by atoms with Crippen molar-refractivity contribution in [3.63, 3.8) is 0 Å². The van der Waals surface area contributed by atoms with Gasteiger partial charge in [-0.25, -0.2) is 0 Å². The number of benzene rings is 11. The second-order valence-corrected chi connectivity index (χ2v) is 18.9. The van der Waals surface area contributed by atoms with Gasteiger partial charge in [0.05, 0.1) is 11.0 Å². The Hall–Kier alpha value is -7.56. The molecule has 0 atom stereocenters. The van der Waals surface area contributed by atoms with E-state index in [2.05, 4.69) is 217 Å². The van der Waals surface area contributed by atoms with E-state index in [9.17, 15) is 0 Å². The zero-order valence-electron chi connectivity index (χ0n) is 34.0. The summed E-state index contributed by atoms with van der Waals surface area (Å²) in [5.41, 5.74) is 10.9. The first-order valence-corrected chi connectivity index (χ1v) is 23.2. The van der Waals surface area contributed by atoms with E-state index >= 15 is 0 Å². The standard InChI is InChI=1S/C60H35NS2/c1-2-16-45-43(14-1)44-15-3-4-17-46(44)54-33-37(26-29-47(45)54)36-12-9-13-40(32-36)61-55-34-38(41-20-10-22-52-50-18-5-7-24-57(50)62-59(41)52)27-30-48(55)49-31-28-39(35-56(49)61)42-21-11-23-53-51-19-6-8-25-58(51)63-60(42)53/h1-35H. The van der Waals surface area contributed by atoms with Crippen molar-refractivity contribution in [2.24, 2.45) is 0 Å². The van der Waals surface area contributed by atoms with E-state index in [0.29, 0.717) is 0 Å². The van der Waals surface area contributed by atoms with Gasteiger partial charge in [0.15, 0.2) is 0 Å². The molecule has 0 unspecified atom stereocenters. The van der Waals surface area contributed by atoms with Crippen LogP contribution in [0.4, 0.5) is 0 Å². The lowest BCUT2D eigenvalue weighted by Crippen LogP contribution is -1.95. The van der Waals surface area contributed by atoms with E-state index in [1.54, 1.807) is 0 Å². The molecule has 0 fully saturated rings. The van der Waals surface area contributed by atoms with Crippen LogP contribution < -0.4 is 0 Å². The van der Waals surface area contributed by atoms with Crippen LogP contribution in [0, 0.1) is 0 Å². The highest BCUT2D eigenvalue weighted by Gasteiger charge is 2.19. The monoisotopic (exact) mass is 833 g/mol. The van der Waals surface area contributed by atoms with E-state index in [4.69, 9.17) is 0 Å². The third kappa shape index (κ3) is 5.21. The van der Waals surface area contributed by atoms with Crippen LogP contribution in [0.3, 0.4) is 0 Å². The summed E-state index contributed by atoms with van der Waals surface area (Å²) >= 11 is 3.78. The minimum Gasteiger partial charge on any atom is -0.309 e. The molecule has 11 aromatic carbocycles. The Labute approximate surface area is 370 Å². The third-order valence-corrected chi connectivity index (χ3v) is 15.8. The molecule has 0 amide bonds. The third-order valence-electron chi connectivity index (χ3n) is 13.4. The lowest BCUT2D eigenvalue weighted by Gasteiger charge is -2.14. The molecular formula is C60H35NS2. The van der Waals surface area contributed by atoms with Crippen LogP contribution in [0.15, 0.2) is 212 Å². The molecule has 0 spiro atoms. The van der Waals surface area contributed by atoms with Crippen molar-refractivity contribution in [2.75, 3.05) is 0 Å². The van der Waals surface area contributed by atoms with Gasteiger partial charge < -0.3 is 4.57 Å². The maximum absolute atomic E-state index is 2.52. The van der Waals surface area contributed by atoms with Gasteiger partial charge >= 0.3 is 0 Å². The molecule has 0 radical (unpaired) electrons. The molecule has 14 aromatic rings. The predicted molar refractivity (Wildman–Crippen MR) is 275 cm³/mol. The average molecular weight is 834 g/mol. The second kappa shape index (κ2) is 13.5. The first kappa shape index (κ1) is 35.1. The highest BCUT2D eigenvalue weighted by molar-refractivity contribution is 7.26. The van der Waals surface area contributed by atoms with E-state index in [1.165, 1.54) is 128 Å². The molecular weight excluding hydrogens is 799 g/mol. The number of hydrogen-bond donors (Lipinski definition) is 0. The molecule has 3 heteroatoms. The lowest BCUT2D eigenvalue weighted by molar-refractivity contribution is 1.18. The van der Waals surface area contributed by atoms with Gasteiger partial charge in [-0.05, 0) is 108 Å². The van der Waals surface area contributed by atoms with E-state index in [-0.39, 0.29) is 0 Å². The number of hydrogen-bond acceptors (Lipinski definition) is 2. The van der Waals surface area contributed by atoms with Crippen LogP contribution in [0.2, 0.25) is 0 Å². The average Bonchev–Trinajstić information content (AvgIpc) is 4.03. The summed E-state index contributed by atoms with van der Waals surface area (Å²) in [4.78, 5) is 0. The maximum Gasteiger partial charge on any atom is 0.0547 e. The number of nitrogens with zero attached hydrogens (tertiary/aromatic N) is 1. The van der Waals surface area contributed by atoms with Crippen LogP contribution >= 0.6 is 22.7 Å². The van der Waals surface area contributed by atoms with Crippen molar-refractivity contribution in [1.82, 2.24) is 4.57 Å². The van der Waals surface area contributed by atoms with Crippen molar-refractivity contribution in [3.8, 4) is 39.1 Å². The summed E-state index contributed by atoms with van der Waals surface area (Å²) in [6, 6.07) is 79.3. The maximum atomic E-state index is 2.52. The molecule has 3 aromatic heterocycles. The number of thiophene rings is 2. The molecule has 0 N–H and O–H groups in total. The molecule has 0 aliphatic carbocycles. The fourth-order valence-electron chi connectivity index (χ4n) is 10.5. The summed E-state index contributed by atoms with van der Waals surface area (Å²) in [6.07, 6.45) is 0. The Kier molecular flexibility index (Phi) is 7.50. The van der Waals surface area contributed by atoms with Crippen LogP contribution in [0.5, 0.6) is 0 Å². The minimum absolute atomic E-state index is 1.14. The first-order chi connectivity index (χ1) is 31.2. The van der Waals surface area contributed by atoms with E-state index < -0.39 is 0 Å². The van der Waals surface area contributed by atoms with Gasteiger partial charge in [0.1, 0.15) is 0 Å². The predicted octanol–water partition coefficient (Wildman–Crippen LogP) is 18.0. The molecule has 1 nitrogen and oxygen atoms in total. The van der Waals surface area contributed by atoms with Gasteiger partial charge in [-0.2, -0.15) is 0 Å². The topological polar surface area (TPSA) is 4.93 Å². The van der Waals surface area contributed by atoms with Crippen molar-refractivity contribution >= 4 is 117 Å². The van der Waals surface area contributed by atoms with Crippen LogP contribution in [0.25, 0.3) is 134 Å². The molecule has 0 aliphatic rings. The Morgan fingerprint density at radius 3 is 1.22 bits per heavy atom. The normalized spacial score (nSPS) is 12.1. The van der Waals surface area contributed by atoms with Crippen LogP contribution in [-0.4, -0.2) is 4.57 Å². The molecule has 0 saturated carbocycles. The largest absolute Gasteiger partial charge is 0.309 e. The van der Waals surface area contributed by atoms with Crippen LogP contribution in [-0.2, 0) is 0 Å². The Morgan fingerprint density at radius 1 is 0.254 bits per heavy atom. The number of fused-ring (bicyclic) bond motifs is 15. The Balaban J connectivity index is 1.01. The minimum atomic E-state index is 1.14. The van der Waals surface area contributed by atoms with E-state index in [1.807, 2.05) is 22.7 Å². The number of aromatic nitrogens is 1. The lowest BCUT2D eigenvalue weighted by atomic mass is 9.92. The van der Waals surface area contributed by atoms with Crippen molar-refractivity contribution in [1.29, 1.82) is 0 Å². The van der Waals surface area contributed by atoms with Crippen molar-refractivity contribution < 1.29 is 0 Å². The first-order valence-electron chi connectivity index (χ1n) is 21.6. The fourth-order valence-corrected chi connectivity index (χ4v) is 13.0. The van der Waals surface area contributed by atoms with E-state index in [0.717, 1.165) is 5.69 Å². The zero-order valence-corrected chi connectivity index (χ0v) is 35.6. The zero-order chi connectivity index (χ0) is 41.2. The van der Waals surface area contributed by atoms with Gasteiger partial charge in [0.25, 0.3) is 0 Å². The summed E-state index contributed by atoms with van der Waals surface area (Å²) in [6.45, 7) is 0. The quantitative estimate of drug-likeness (QED) is 0.156. The summed E-state index contributed by atoms with van der Waals surface area (Å²) in [5, 5.41) is 15.5. The summed E-state index contributed by atoms with van der Waals surface area (Å²) < 4.78 is 7.82. The van der Waals surface area contributed by atoms with Crippen LogP contribution in [0.1, 0.15) is 0 Å². The Bertz CT molecular complexity index is 4010. The second-order valence-electron chi connectivity index (χ2n) is 16.8. The van der Waals surface area contributed by atoms with Crippen molar-refractivity contribution in [3.05, 3.63) is 212 Å². The fraction of sp³-hybridized carbons (Fsp3) is 0.